The molecule has 3 aliphatic rings. The molecular weight excluding hydrogens is 868 g/mol. The quantitative estimate of drug-likeness (QED) is 0.0755. The average Bonchev–Trinajstić information content (AvgIpc) is 3.23. The second kappa shape index (κ2) is 17.1. The molecular formula is C43H34O22. The maximum absolute atomic E-state index is 14.2. The Morgan fingerprint density at radius 2 is 1.14 bits per heavy atom. The number of fused-ring (bicyclic) bond motifs is 2. The van der Waals surface area contributed by atoms with Crippen molar-refractivity contribution in [3.05, 3.63) is 115 Å². The van der Waals surface area contributed by atoms with E-state index >= 15 is 0 Å². The summed E-state index contributed by atoms with van der Waals surface area (Å²) < 4.78 is 21.5. The highest BCUT2D eigenvalue weighted by atomic mass is 16.6. The first-order valence-electron chi connectivity index (χ1n) is 19.0. The van der Waals surface area contributed by atoms with Crippen molar-refractivity contribution in [2.45, 2.75) is 42.7 Å². The Balaban J connectivity index is 1.24. The lowest BCUT2D eigenvalue weighted by atomic mass is 9.71. The largest absolute Gasteiger partial charge is 0.504 e. The van der Waals surface area contributed by atoms with Crippen LogP contribution < -0.4 is 5.63 Å². The molecule has 0 amide bonds. The summed E-state index contributed by atoms with van der Waals surface area (Å²) in [5.41, 5.74) is -3.57. The molecule has 1 fully saturated rings. The van der Waals surface area contributed by atoms with Crippen molar-refractivity contribution in [3.8, 4) is 34.5 Å². The molecule has 7 rings (SSSR count). The number of carboxylic acids is 4. The third-order valence-corrected chi connectivity index (χ3v) is 11.2. The smallest absolute Gasteiger partial charge is 0.371 e. The predicted octanol–water partition coefficient (Wildman–Crippen LogP) is 1.79. The first-order valence-corrected chi connectivity index (χ1v) is 19.0. The summed E-state index contributed by atoms with van der Waals surface area (Å²) >= 11 is 0. The van der Waals surface area contributed by atoms with Gasteiger partial charge in [-0.05, 0) is 88.5 Å². The number of carboxylic acid groups (broad SMARTS) is 4. The molecule has 65 heavy (non-hydrogen) atoms. The molecule has 8 atom stereocenters. The van der Waals surface area contributed by atoms with Gasteiger partial charge in [-0.1, -0.05) is 6.07 Å². The molecule has 0 spiro atoms. The standard InChI is InChI=1S/C43H34O22/c44-22-3-1-14(7-23(22)45)32-18-10-26(48)24(46)8-15(18)5-20(34(32)39(55)56)43(61)65-37-29(12-31(50)51)62-13-30(36(37)52)64-42(60)21-6-16-9-25(47)27(49)11-19(16)33(35(21)40(57)58)17-2-4-28(38(53)54)63-41(17)59/h1-11,29-30,32-37,44-49,52H,12-13H2,(H,50,51)(H,53,54)(H,55,56)(H,57,58)/t29-,30-,32+,33-,34+,35-,36+,37+/m0/s1. The van der Waals surface area contributed by atoms with Gasteiger partial charge in [0.05, 0.1) is 36.0 Å². The molecule has 1 aromatic heterocycles. The number of ether oxygens (including phenoxy) is 3. The second-order valence-corrected chi connectivity index (χ2v) is 15.1. The van der Waals surface area contributed by atoms with Gasteiger partial charge in [0.25, 0.3) is 0 Å². The number of aliphatic hydroxyl groups is 1. The van der Waals surface area contributed by atoms with Crippen LogP contribution in [0, 0.1) is 11.8 Å². The molecule has 2 aliphatic carbocycles. The van der Waals surface area contributed by atoms with Crippen LogP contribution in [0.5, 0.6) is 34.5 Å². The lowest BCUT2D eigenvalue weighted by molar-refractivity contribution is -0.217. The number of hydrogen-bond acceptors (Lipinski definition) is 18. The summed E-state index contributed by atoms with van der Waals surface area (Å²) in [6, 6.07) is 8.83. The zero-order valence-corrected chi connectivity index (χ0v) is 32.8. The monoisotopic (exact) mass is 902 g/mol. The molecule has 22 nitrogen and oxygen atoms in total. The first kappa shape index (κ1) is 44.7. The second-order valence-electron chi connectivity index (χ2n) is 15.1. The van der Waals surface area contributed by atoms with Gasteiger partial charge in [-0.2, -0.15) is 0 Å². The van der Waals surface area contributed by atoms with Gasteiger partial charge in [0.1, 0.15) is 12.2 Å². The third-order valence-electron chi connectivity index (χ3n) is 11.2. The summed E-state index contributed by atoms with van der Waals surface area (Å²) in [4.78, 5) is 90.8. The molecule has 1 aliphatic heterocycles. The Labute approximate surface area is 362 Å². The van der Waals surface area contributed by atoms with Crippen LogP contribution in [0.1, 0.15) is 62.2 Å². The van der Waals surface area contributed by atoms with Crippen LogP contribution in [0.15, 0.2) is 75.0 Å². The topological polar surface area (TPSA) is 383 Å². The fourth-order valence-electron chi connectivity index (χ4n) is 8.22. The van der Waals surface area contributed by atoms with Crippen LogP contribution in [0.2, 0.25) is 0 Å². The highest BCUT2D eigenvalue weighted by Crippen LogP contribution is 2.49. The van der Waals surface area contributed by atoms with Crippen molar-refractivity contribution in [1.82, 2.24) is 0 Å². The Morgan fingerprint density at radius 1 is 0.615 bits per heavy atom. The van der Waals surface area contributed by atoms with Gasteiger partial charge in [0.2, 0.25) is 5.76 Å². The van der Waals surface area contributed by atoms with E-state index in [0.29, 0.717) is 0 Å². The fourth-order valence-corrected chi connectivity index (χ4v) is 8.22. The number of aliphatic carboxylic acids is 3. The highest BCUT2D eigenvalue weighted by molar-refractivity contribution is 6.03. The number of aliphatic hydroxyl groups excluding tert-OH is 1. The van der Waals surface area contributed by atoms with E-state index in [1.807, 2.05) is 0 Å². The van der Waals surface area contributed by atoms with Crippen LogP contribution in [0.4, 0.5) is 0 Å². The van der Waals surface area contributed by atoms with Crippen molar-refractivity contribution in [3.63, 3.8) is 0 Å². The van der Waals surface area contributed by atoms with Crippen molar-refractivity contribution in [2.75, 3.05) is 6.61 Å². The summed E-state index contributed by atoms with van der Waals surface area (Å²) in [6.07, 6.45) is -6.92. The number of rotatable bonds is 11. The van der Waals surface area contributed by atoms with E-state index in [1.165, 1.54) is 6.07 Å². The number of esters is 2. The summed E-state index contributed by atoms with van der Waals surface area (Å²) in [6.45, 7) is -0.804. The maximum atomic E-state index is 14.2. The Kier molecular flexibility index (Phi) is 11.7. The maximum Gasteiger partial charge on any atom is 0.371 e. The minimum atomic E-state index is -2.20. The number of aromatic hydroxyl groups is 6. The van der Waals surface area contributed by atoms with E-state index in [-0.39, 0.29) is 27.8 Å². The van der Waals surface area contributed by atoms with Gasteiger partial charge in [-0.3, -0.25) is 14.4 Å². The molecule has 2 heterocycles. The highest BCUT2D eigenvalue weighted by Gasteiger charge is 2.50. The first-order chi connectivity index (χ1) is 30.7. The molecule has 338 valence electrons. The molecule has 11 N–H and O–H groups in total. The Morgan fingerprint density at radius 3 is 1.66 bits per heavy atom. The lowest BCUT2D eigenvalue weighted by Gasteiger charge is -2.40. The molecule has 0 bridgehead atoms. The normalized spacial score (nSPS) is 23.4. The van der Waals surface area contributed by atoms with E-state index in [0.717, 1.165) is 60.7 Å². The van der Waals surface area contributed by atoms with Gasteiger partial charge in [0.15, 0.2) is 46.7 Å². The minimum Gasteiger partial charge on any atom is -0.504 e. The predicted molar refractivity (Wildman–Crippen MR) is 211 cm³/mol. The van der Waals surface area contributed by atoms with Gasteiger partial charge in [0, 0.05) is 17.4 Å². The fraction of sp³-hybridized carbons (Fsp3) is 0.233. The lowest BCUT2D eigenvalue weighted by Crippen LogP contribution is -2.57. The number of benzene rings is 3. The Bertz CT molecular complexity index is 2820. The number of carbonyl (C=O) groups is 6. The summed E-state index contributed by atoms with van der Waals surface area (Å²) in [5, 5.41) is 113. The van der Waals surface area contributed by atoms with Gasteiger partial charge < -0.3 is 74.8 Å². The van der Waals surface area contributed by atoms with Gasteiger partial charge in [-0.25, -0.2) is 19.2 Å². The van der Waals surface area contributed by atoms with Crippen LogP contribution in [-0.4, -0.2) is 123 Å². The van der Waals surface area contributed by atoms with Gasteiger partial charge in [-0.15, -0.1) is 0 Å². The average molecular weight is 903 g/mol. The zero-order valence-electron chi connectivity index (χ0n) is 32.8. The SMILES string of the molecule is O=C(O)C[C@@H]1OC[C@H](OC(=O)C2=Cc3cc(O)c(O)cc3[C@H](c3ccc(C(=O)O)oc3=O)[C@H]2C(=O)O)[C@@H](O)[C@@H]1OC(=O)C1=Cc2cc(O)c(O)cc2[C@@H](c2ccc(O)c(O)c2)[C@@H]1C(=O)O. The molecule has 0 saturated carbocycles. The van der Waals surface area contributed by atoms with Crippen LogP contribution in [0.25, 0.3) is 12.2 Å². The zero-order chi connectivity index (χ0) is 47.3. The van der Waals surface area contributed by atoms with Crippen LogP contribution in [0.3, 0.4) is 0 Å². The number of carbonyl (C=O) groups excluding carboxylic acids is 2. The molecule has 22 heteroatoms. The molecule has 0 radical (unpaired) electrons. The Hall–Kier alpha value is -8.37. The van der Waals surface area contributed by atoms with E-state index in [2.05, 4.69) is 0 Å². The molecule has 0 unspecified atom stereocenters. The van der Waals surface area contributed by atoms with Crippen molar-refractivity contribution < 1.29 is 104 Å². The van der Waals surface area contributed by atoms with Crippen molar-refractivity contribution in [2.24, 2.45) is 11.8 Å². The number of phenols is 6. The molecule has 1 saturated heterocycles. The third kappa shape index (κ3) is 8.33. The van der Waals surface area contributed by atoms with E-state index in [1.54, 1.807) is 0 Å². The number of phenolic OH excluding ortho intramolecular Hbond substituents is 6. The van der Waals surface area contributed by atoms with E-state index in [4.69, 9.17) is 18.6 Å². The summed E-state index contributed by atoms with van der Waals surface area (Å²) in [7, 11) is 0. The van der Waals surface area contributed by atoms with Crippen LogP contribution >= 0.6 is 0 Å². The van der Waals surface area contributed by atoms with Crippen molar-refractivity contribution >= 4 is 48.0 Å². The number of aromatic carboxylic acids is 1. The van der Waals surface area contributed by atoms with Crippen molar-refractivity contribution in [1.29, 1.82) is 0 Å². The van der Waals surface area contributed by atoms with E-state index in [9.17, 15) is 89.7 Å². The van der Waals surface area contributed by atoms with Crippen LogP contribution in [-0.2, 0) is 38.2 Å². The molecule has 3 aromatic carbocycles. The minimum absolute atomic E-state index is 0.0130. The van der Waals surface area contributed by atoms with Gasteiger partial charge >= 0.3 is 41.4 Å². The van der Waals surface area contributed by atoms with E-state index < -0.39 is 160 Å². The molecule has 4 aromatic rings. The summed E-state index contributed by atoms with van der Waals surface area (Å²) in [5.74, 6) is -21.8. The number of hydrogen-bond donors (Lipinski definition) is 11.